The van der Waals surface area contributed by atoms with Gasteiger partial charge < -0.3 is 0 Å². The van der Waals surface area contributed by atoms with Crippen LogP contribution in [0.3, 0.4) is 0 Å². The van der Waals surface area contributed by atoms with Gasteiger partial charge in [0, 0.05) is 12.6 Å². The fraction of sp³-hybridized carbons (Fsp3) is 0.333. The third-order valence-electron chi connectivity index (χ3n) is 3.32. The van der Waals surface area contributed by atoms with Crippen molar-refractivity contribution in [2.24, 2.45) is 7.05 Å². The van der Waals surface area contributed by atoms with Crippen molar-refractivity contribution in [1.82, 2.24) is 9.78 Å². The van der Waals surface area contributed by atoms with E-state index < -0.39 is 0 Å². The van der Waals surface area contributed by atoms with Crippen molar-refractivity contribution < 1.29 is 4.79 Å². The summed E-state index contributed by atoms with van der Waals surface area (Å²) in [5.41, 5.74) is 3.32. The molecule has 1 heterocycles. The van der Waals surface area contributed by atoms with Gasteiger partial charge in [0.05, 0.1) is 27.3 Å². The molecule has 106 valence electrons. The highest BCUT2D eigenvalue weighted by atomic mass is 79.9. The molecule has 3 nitrogen and oxygen atoms in total. The Morgan fingerprint density at radius 3 is 2.75 bits per heavy atom. The zero-order valence-electron chi connectivity index (χ0n) is 11.7. The Bertz CT molecular complexity index is 664. The van der Waals surface area contributed by atoms with E-state index in [2.05, 4.69) is 21.0 Å². The highest BCUT2D eigenvalue weighted by Crippen LogP contribution is 2.26. The number of ketones is 1. The van der Waals surface area contributed by atoms with Crippen LogP contribution in [0.1, 0.15) is 34.2 Å². The van der Waals surface area contributed by atoms with Crippen molar-refractivity contribution in [3.8, 4) is 0 Å². The van der Waals surface area contributed by atoms with Crippen molar-refractivity contribution in [1.29, 1.82) is 0 Å². The number of aryl methyl sites for hydroxylation is 3. The molecule has 1 aromatic heterocycles. The van der Waals surface area contributed by atoms with Crippen molar-refractivity contribution >= 4 is 33.3 Å². The lowest BCUT2D eigenvalue weighted by atomic mass is 10.0. The first kappa shape index (κ1) is 15.3. The van der Waals surface area contributed by atoms with Crippen molar-refractivity contribution in [2.45, 2.75) is 26.7 Å². The minimum Gasteiger partial charge on any atom is -0.294 e. The van der Waals surface area contributed by atoms with Gasteiger partial charge in [-0.2, -0.15) is 5.10 Å². The van der Waals surface area contributed by atoms with E-state index in [0.29, 0.717) is 10.6 Å². The summed E-state index contributed by atoms with van der Waals surface area (Å²) < 4.78 is 2.67. The molecule has 0 aliphatic rings. The van der Waals surface area contributed by atoms with Crippen molar-refractivity contribution in [3.05, 3.63) is 50.2 Å². The lowest BCUT2D eigenvalue weighted by Gasteiger charge is -2.06. The molecule has 0 bridgehead atoms. The third-order valence-corrected chi connectivity index (χ3v) is 4.74. The summed E-state index contributed by atoms with van der Waals surface area (Å²) in [6.07, 6.45) is 1.11. The largest absolute Gasteiger partial charge is 0.294 e. The molecular formula is C15H16BrClN2O. The first-order valence-electron chi connectivity index (χ1n) is 6.44. The molecule has 0 aliphatic heterocycles. The van der Waals surface area contributed by atoms with Crippen LogP contribution in [-0.4, -0.2) is 15.6 Å². The minimum atomic E-state index is 0.00468. The second-order valence-electron chi connectivity index (χ2n) is 4.72. The van der Waals surface area contributed by atoms with Crippen LogP contribution < -0.4 is 0 Å². The summed E-state index contributed by atoms with van der Waals surface area (Å²) in [5, 5.41) is 4.93. The van der Waals surface area contributed by atoms with E-state index in [1.165, 1.54) is 0 Å². The zero-order valence-corrected chi connectivity index (χ0v) is 14.0. The molecule has 0 fully saturated rings. The molecule has 0 N–H and O–H groups in total. The maximum absolute atomic E-state index is 12.4. The minimum absolute atomic E-state index is 0.00468. The SMILES string of the molecule is CCc1nn(C)c(CC(=O)c2cccc(C)c2Cl)c1Br. The second-order valence-corrected chi connectivity index (χ2v) is 5.89. The summed E-state index contributed by atoms with van der Waals surface area (Å²) >= 11 is 9.74. The third kappa shape index (κ3) is 2.81. The van der Waals surface area contributed by atoms with Crippen LogP contribution in [-0.2, 0) is 19.9 Å². The number of carbonyl (C=O) groups excluding carboxylic acids is 1. The van der Waals surface area contributed by atoms with Crippen LogP contribution >= 0.6 is 27.5 Å². The van der Waals surface area contributed by atoms with Crippen LogP contribution in [0.4, 0.5) is 0 Å². The molecule has 0 amide bonds. The Morgan fingerprint density at radius 1 is 1.45 bits per heavy atom. The lowest BCUT2D eigenvalue weighted by Crippen LogP contribution is -2.09. The van der Waals surface area contributed by atoms with Gasteiger partial charge in [0.25, 0.3) is 0 Å². The van der Waals surface area contributed by atoms with E-state index >= 15 is 0 Å². The number of hydrogen-bond donors (Lipinski definition) is 0. The number of rotatable bonds is 4. The van der Waals surface area contributed by atoms with Crippen molar-refractivity contribution in [2.75, 3.05) is 0 Å². The Kier molecular flexibility index (Phi) is 4.66. The van der Waals surface area contributed by atoms with E-state index in [0.717, 1.165) is 27.8 Å². The summed E-state index contributed by atoms with van der Waals surface area (Å²) in [6, 6.07) is 5.52. The van der Waals surface area contributed by atoms with Crippen LogP contribution in [0.25, 0.3) is 0 Å². The molecule has 5 heteroatoms. The normalized spacial score (nSPS) is 10.8. The predicted octanol–water partition coefficient (Wildman–Crippen LogP) is 4.13. The van der Waals surface area contributed by atoms with Gasteiger partial charge in [-0.3, -0.25) is 9.48 Å². The van der Waals surface area contributed by atoms with E-state index in [1.807, 2.05) is 33.0 Å². The van der Waals surface area contributed by atoms with Gasteiger partial charge >= 0.3 is 0 Å². The van der Waals surface area contributed by atoms with Gasteiger partial charge in [-0.25, -0.2) is 0 Å². The van der Waals surface area contributed by atoms with Crippen LogP contribution in [0.5, 0.6) is 0 Å². The van der Waals surface area contributed by atoms with E-state index in [9.17, 15) is 4.79 Å². The quantitative estimate of drug-likeness (QED) is 0.773. The molecule has 0 aliphatic carbocycles. The van der Waals surface area contributed by atoms with E-state index in [-0.39, 0.29) is 12.2 Å². The number of benzene rings is 1. The zero-order chi connectivity index (χ0) is 14.9. The molecular weight excluding hydrogens is 340 g/mol. The number of nitrogens with zero attached hydrogens (tertiary/aromatic N) is 2. The average molecular weight is 356 g/mol. The van der Waals surface area contributed by atoms with Gasteiger partial charge in [-0.15, -0.1) is 0 Å². The molecule has 0 unspecified atom stereocenters. The predicted molar refractivity (Wildman–Crippen MR) is 84.5 cm³/mol. The first-order valence-corrected chi connectivity index (χ1v) is 7.61. The monoisotopic (exact) mass is 354 g/mol. The fourth-order valence-corrected chi connectivity index (χ4v) is 3.11. The Balaban J connectivity index is 2.33. The molecule has 0 atom stereocenters. The molecule has 0 spiro atoms. The topological polar surface area (TPSA) is 34.9 Å². The number of aromatic nitrogens is 2. The summed E-state index contributed by atoms with van der Waals surface area (Å²) in [5.74, 6) is 0.00468. The molecule has 1 aromatic carbocycles. The fourth-order valence-electron chi connectivity index (χ4n) is 2.12. The van der Waals surface area contributed by atoms with Crippen molar-refractivity contribution in [3.63, 3.8) is 0 Å². The second kappa shape index (κ2) is 6.10. The van der Waals surface area contributed by atoms with Gasteiger partial charge in [-0.1, -0.05) is 30.7 Å². The number of Topliss-reactive ketones (excluding diaryl/α,β-unsaturated/α-hetero) is 1. The van der Waals surface area contributed by atoms with Crippen LogP contribution in [0.2, 0.25) is 5.02 Å². The molecule has 20 heavy (non-hydrogen) atoms. The molecule has 2 rings (SSSR count). The first-order chi connectivity index (χ1) is 9.45. The summed E-state index contributed by atoms with van der Waals surface area (Å²) in [7, 11) is 1.85. The standard InChI is InChI=1S/C15H16BrClN2O/c1-4-11-14(16)12(19(3)18-11)8-13(20)10-7-5-6-9(2)15(10)17/h5-7H,4,8H2,1-3H3. The highest BCUT2D eigenvalue weighted by molar-refractivity contribution is 9.10. The lowest BCUT2D eigenvalue weighted by molar-refractivity contribution is 0.0990. The van der Waals surface area contributed by atoms with E-state index in [1.54, 1.807) is 10.7 Å². The Morgan fingerprint density at radius 2 is 2.15 bits per heavy atom. The molecule has 0 saturated heterocycles. The molecule has 2 aromatic rings. The Labute approximate surface area is 132 Å². The van der Waals surface area contributed by atoms with Gasteiger partial charge in [0.15, 0.2) is 5.78 Å². The summed E-state index contributed by atoms with van der Waals surface area (Å²) in [4.78, 5) is 12.4. The van der Waals surface area contributed by atoms with Gasteiger partial charge in [-0.05, 0) is 40.9 Å². The van der Waals surface area contributed by atoms with E-state index in [4.69, 9.17) is 11.6 Å². The number of hydrogen-bond acceptors (Lipinski definition) is 2. The van der Waals surface area contributed by atoms with Gasteiger partial charge in [0.2, 0.25) is 0 Å². The number of halogens is 2. The smallest absolute Gasteiger partial charge is 0.170 e. The Hall–Kier alpha value is -1.13. The number of carbonyl (C=O) groups is 1. The van der Waals surface area contributed by atoms with Crippen LogP contribution in [0.15, 0.2) is 22.7 Å². The highest BCUT2D eigenvalue weighted by Gasteiger charge is 2.18. The average Bonchev–Trinajstić information content (AvgIpc) is 2.69. The molecule has 0 saturated carbocycles. The maximum atomic E-state index is 12.4. The molecule has 0 radical (unpaired) electrons. The summed E-state index contributed by atoms with van der Waals surface area (Å²) in [6.45, 7) is 3.93. The van der Waals surface area contributed by atoms with Crippen LogP contribution in [0, 0.1) is 6.92 Å². The van der Waals surface area contributed by atoms with Gasteiger partial charge in [0.1, 0.15) is 0 Å². The maximum Gasteiger partial charge on any atom is 0.170 e.